The zero-order valence-corrected chi connectivity index (χ0v) is 9.43. The van der Waals surface area contributed by atoms with E-state index in [0.29, 0.717) is 12.4 Å². The van der Waals surface area contributed by atoms with Crippen LogP contribution in [0.25, 0.3) is 0 Å². The summed E-state index contributed by atoms with van der Waals surface area (Å²) in [6.07, 6.45) is 1.44. The minimum atomic E-state index is -0.506. The van der Waals surface area contributed by atoms with E-state index in [1.165, 1.54) is 12.3 Å². The van der Waals surface area contributed by atoms with Crippen molar-refractivity contribution in [2.24, 2.45) is 0 Å². The number of halogens is 1. The molecule has 1 aromatic carbocycles. The first kappa shape index (κ1) is 10.8. The van der Waals surface area contributed by atoms with Crippen LogP contribution in [0.2, 0.25) is 0 Å². The molecule has 0 aliphatic carbocycles. The fourth-order valence-corrected chi connectivity index (χ4v) is 1.98. The molecule has 1 unspecified atom stereocenters. The first-order chi connectivity index (χ1) is 8.72. The minimum absolute atomic E-state index is 0.0205. The van der Waals surface area contributed by atoms with Crippen molar-refractivity contribution in [2.75, 3.05) is 11.9 Å². The number of hydrogen-bond acceptors (Lipinski definition) is 4. The van der Waals surface area contributed by atoms with Gasteiger partial charge in [0.2, 0.25) is 5.95 Å². The van der Waals surface area contributed by atoms with Gasteiger partial charge >= 0.3 is 0 Å². The molecule has 0 fully saturated rings. The van der Waals surface area contributed by atoms with Crippen molar-refractivity contribution in [3.05, 3.63) is 48.0 Å². The number of phenolic OH excluding ortho intramolecular Hbond substituents is 1. The number of hydrogen-bond donors (Lipinski definition) is 2. The van der Waals surface area contributed by atoms with E-state index in [0.717, 1.165) is 11.3 Å². The Balaban J connectivity index is 1.82. The van der Waals surface area contributed by atoms with Crippen LogP contribution in [0, 0.1) is 5.95 Å². The zero-order chi connectivity index (χ0) is 12.5. The molecule has 0 spiro atoms. The zero-order valence-electron chi connectivity index (χ0n) is 9.43. The Morgan fingerprint density at radius 1 is 1.33 bits per heavy atom. The molecule has 3 rings (SSSR count). The SMILES string of the molecule is Oc1ccc2c(c1)OCC2Nc1ccc(F)nc1. The van der Waals surface area contributed by atoms with E-state index >= 15 is 0 Å². The van der Waals surface area contributed by atoms with Gasteiger partial charge in [-0.3, -0.25) is 0 Å². The molecule has 4 nitrogen and oxygen atoms in total. The lowest BCUT2D eigenvalue weighted by Crippen LogP contribution is -2.12. The summed E-state index contributed by atoms with van der Waals surface area (Å²) >= 11 is 0. The second kappa shape index (κ2) is 4.18. The highest BCUT2D eigenvalue weighted by atomic mass is 19.1. The maximum absolute atomic E-state index is 12.7. The third-order valence-corrected chi connectivity index (χ3v) is 2.85. The second-order valence-electron chi connectivity index (χ2n) is 4.10. The Kier molecular flexibility index (Phi) is 2.51. The highest BCUT2D eigenvalue weighted by Crippen LogP contribution is 2.36. The topological polar surface area (TPSA) is 54.4 Å². The number of phenols is 1. The van der Waals surface area contributed by atoms with Crippen LogP contribution < -0.4 is 10.1 Å². The molecule has 92 valence electrons. The summed E-state index contributed by atoms with van der Waals surface area (Å²) in [6.45, 7) is 0.468. The van der Waals surface area contributed by atoms with Gasteiger partial charge in [-0.2, -0.15) is 4.39 Å². The minimum Gasteiger partial charge on any atom is -0.508 e. The van der Waals surface area contributed by atoms with Gasteiger partial charge in [0, 0.05) is 11.6 Å². The summed E-state index contributed by atoms with van der Waals surface area (Å²) in [4.78, 5) is 3.58. The predicted molar refractivity (Wildman–Crippen MR) is 64.2 cm³/mol. The van der Waals surface area contributed by atoms with Gasteiger partial charge in [0.05, 0.1) is 17.9 Å². The van der Waals surface area contributed by atoms with Gasteiger partial charge in [-0.05, 0) is 24.3 Å². The largest absolute Gasteiger partial charge is 0.508 e. The van der Waals surface area contributed by atoms with Gasteiger partial charge in [-0.25, -0.2) is 4.98 Å². The summed E-state index contributed by atoms with van der Waals surface area (Å²) < 4.78 is 18.2. The molecule has 0 saturated carbocycles. The van der Waals surface area contributed by atoms with Crippen molar-refractivity contribution in [1.82, 2.24) is 4.98 Å². The third-order valence-electron chi connectivity index (χ3n) is 2.85. The van der Waals surface area contributed by atoms with Crippen LogP contribution in [-0.2, 0) is 0 Å². The van der Waals surface area contributed by atoms with Gasteiger partial charge in [-0.1, -0.05) is 0 Å². The van der Waals surface area contributed by atoms with Crippen LogP contribution in [0.3, 0.4) is 0 Å². The number of anilines is 1. The smallest absolute Gasteiger partial charge is 0.212 e. The lowest BCUT2D eigenvalue weighted by Gasteiger charge is -2.12. The van der Waals surface area contributed by atoms with E-state index in [1.54, 1.807) is 18.2 Å². The van der Waals surface area contributed by atoms with Gasteiger partial charge < -0.3 is 15.2 Å². The molecular weight excluding hydrogens is 235 g/mol. The molecule has 2 N–H and O–H groups in total. The number of pyridine rings is 1. The van der Waals surface area contributed by atoms with Crippen molar-refractivity contribution in [3.63, 3.8) is 0 Å². The lowest BCUT2D eigenvalue weighted by molar-refractivity contribution is 0.338. The molecule has 0 bridgehead atoms. The quantitative estimate of drug-likeness (QED) is 0.799. The predicted octanol–water partition coefficient (Wildman–Crippen LogP) is 2.47. The van der Waals surface area contributed by atoms with Crippen LogP contribution in [0.5, 0.6) is 11.5 Å². The Bertz CT molecular complexity index is 572. The molecule has 0 saturated heterocycles. The van der Waals surface area contributed by atoms with Crippen LogP contribution in [0.4, 0.5) is 10.1 Å². The molecule has 0 amide bonds. The number of nitrogens with one attached hydrogen (secondary N) is 1. The third kappa shape index (κ3) is 1.95. The molecule has 1 aliphatic heterocycles. The number of aromatic hydroxyl groups is 1. The van der Waals surface area contributed by atoms with Crippen molar-refractivity contribution in [1.29, 1.82) is 0 Å². The molecule has 2 heterocycles. The number of fused-ring (bicyclic) bond motifs is 1. The first-order valence-corrected chi connectivity index (χ1v) is 5.56. The summed E-state index contributed by atoms with van der Waals surface area (Å²) in [7, 11) is 0. The Morgan fingerprint density at radius 2 is 2.22 bits per heavy atom. The van der Waals surface area contributed by atoms with Crippen LogP contribution in [0.1, 0.15) is 11.6 Å². The van der Waals surface area contributed by atoms with E-state index in [1.807, 2.05) is 6.07 Å². The second-order valence-corrected chi connectivity index (χ2v) is 4.10. The maximum atomic E-state index is 12.7. The first-order valence-electron chi connectivity index (χ1n) is 5.56. The number of nitrogens with zero attached hydrogens (tertiary/aromatic N) is 1. The fourth-order valence-electron chi connectivity index (χ4n) is 1.98. The molecule has 0 radical (unpaired) electrons. The number of aromatic nitrogens is 1. The normalized spacial score (nSPS) is 17.1. The van der Waals surface area contributed by atoms with Crippen molar-refractivity contribution < 1.29 is 14.2 Å². The highest BCUT2D eigenvalue weighted by Gasteiger charge is 2.24. The molecule has 1 aromatic heterocycles. The summed E-state index contributed by atoms with van der Waals surface area (Å²) in [5.41, 5.74) is 1.70. The Hall–Kier alpha value is -2.30. The van der Waals surface area contributed by atoms with Crippen LogP contribution in [-0.4, -0.2) is 16.7 Å². The number of ether oxygens (including phenoxy) is 1. The standard InChI is InChI=1S/C13H11FN2O2/c14-13-4-1-8(6-15-13)16-11-7-18-12-5-9(17)2-3-10(11)12/h1-6,11,16-17H,7H2. The van der Waals surface area contributed by atoms with Gasteiger partial charge in [0.15, 0.2) is 0 Å². The lowest BCUT2D eigenvalue weighted by atomic mass is 10.1. The average Bonchev–Trinajstić information content (AvgIpc) is 2.74. The van der Waals surface area contributed by atoms with E-state index in [2.05, 4.69) is 10.3 Å². The van der Waals surface area contributed by atoms with Crippen LogP contribution in [0.15, 0.2) is 36.5 Å². The van der Waals surface area contributed by atoms with Gasteiger partial charge in [0.25, 0.3) is 0 Å². The molecule has 1 aliphatic rings. The summed E-state index contributed by atoms with van der Waals surface area (Å²) in [5.74, 6) is 0.342. The number of rotatable bonds is 2. The molecule has 18 heavy (non-hydrogen) atoms. The molecule has 1 atom stereocenters. The Labute approximate surface area is 103 Å². The van der Waals surface area contributed by atoms with Gasteiger partial charge in [-0.15, -0.1) is 0 Å². The van der Waals surface area contributed by atoms with E-state index in [4.69, 9.17) is 4.74 Å². The van der Waals surface area contributed by atoms with Gasteiger partial charge in [0.1, 0.15) is 18.1 Å². The molecule has 5 heteroatoms. The van der Waals surface area contributed by atoms with Crippen molar-refractivity contribution in [3.8, 4) is 11.5 Å². The summed E-state index contributed by atoms with van der Waals surface area (Å²) in [6, 6.07) is 7.92. The summed E-state index contributed by atoms with van der Waals surface area (Å²) in [5, 5.41) is 12.6. The molecule has 2 aromatic rings. The fraction of sp³-hybridized carbons (Fsp3) is 0.154. The van der Waals surface area contributed by atoms with Crippen molar-refractivity contribution >= 4 is 5.69 Å². The highest BCUT2D eigenvalue weighted by molar-refractivity contribution is 5.50. The Morgan fingerprint density at radius 3 is 3.00 bits per heavy atom. The van der Waals surface area contributed by atoms with Crippen LogP contribution >= 0.6 is 0 Å². The average molecular weight is 246 g/mol. The van der Waals surface area contributed by atoms with Crippen molar-refractivity contribution in [2.45, 2.75) is 6.04 Å². The maximum Gasteiger partial charge on any atom is 0.212 e. The van der Waals surface area contributed by atoms with E-state index in [9.17, 15) is 9.50 Å². The van der Waals surface area contributed by atoms with E-state index in [-0.39, 0.29) is 11.8 Å². The van der Waals surface area contributed by atoms with E-state index < -0.39 is 5.95 Å². The monoisotopic (exact) mass is 246 g/mol. The molecular formula is C13H11FN2O2. The number of benzene rings is 1.